The normalized spacial score (nSPS) is 10.8. The summed E-state index contributed by atoms with van der Waals surface area (Å²) in [5.41, 5.74) is 2.11. The minimum atomic E-state index is -1.56. The molecule has 0 radical (unpaired) electrons. The zero-order valence-corrected chi connectivity index (χ0v) is 16.6. The van der Waals surface area contributed by atoms with E-state index in [1.165, 1.54) is 4.68 Å². The molecule has 3 N–H and O–H groups in total. The van der Waals surface area contributed by atoms with Crippen molar-refractivity contribution in [1.82, 2.24) is 15.1 Å². The highest BCUT2D eigenvalue weighted by Gasteiger charge is 2.23. The van der Waals surface area contributed by atoms with Crippen molar-refractivity contribution < 1.29 is 19.7 Å². The minimum Gasteiger partial charge on any atom is -0.438 e. The Hall–Kier alpha value is -3.13. The van der Waals surface area contributed by atoms with Crippen molar-refractivity contribution in [2.24, 2.45) is 7.05 Å². The number of nitrogens with zero attached hydrogens (tertiary/aromatic N) is 2. The van der Waals surface area contributed by atoms with Crippen LogP contribution in [-0.4, -0.2) is 25.9 Å². The van der Waals surface area contributed by atoms with Gasteiger partial charge in [0.1, 0.15) is 11.3 Å². The van der Waals surface area contributed by atoms with Crippen molar-refractivity contribution in [2.75, 3.05) is 0 Å². The molecular weight excluding hydrogens is 394 g/mol. The van der Waals surface area contributed by atoms with E-state index in [1.807, 2.05) is 0 Å². The van der Waals surface area contributed by atoms with Crippen molar-refractivity contribution in [1.29, 1.82) is 0 Å². The van der Waals surface area contributed by atoms with Crippen molar-refractivity contribution in [3.63, 3.8) is 0 Å². The number of nitrogens with one attached hydrogen (secondary N) is 1. The van der Waals surface area contributed by atoms with Gasteiger partial charge in [-0.2, -0.15) is 5.10 Å². The summed E-state index contributed by atoms with van der Waals surface area (Å²) in [4.78, 5) is 12.9. The second-order valence-corrected chi connectivity index (χ2v) is 6.81. The van der Waals surface area contributed by atoms with Crippen LogP contribution in [0.4, 0.5) is 0 Å². The van der Waals surface area contributed by atoms with Crippen molar-refractivity contribution >= 4 is 23.2 Å². The molecule has 0 aliphatic carbocycles. The number of rotatable bonds is 6. The first-order valence-corrected chi connectivity index (χ1v) is 9.08. The van der Waals surface area contributed by atoms with Gasteiger partial charge in [0.2, 0.25) is 5.88 Å². The molecule has 0 aliphatic heterocycles. The van der Waals surface area contributed by atoms with Gasteiger partial charge in [-0.1, -0.05) is 42.4 Å². The Labute approximate surface area is 172 Å². The summed E-state index contributed by atoms with van der Waals surface area (Å²) >= 11 is 5.90. The van der Waals surface area contributed by atoms with Crippen LogP contribution in [0.3, 0.4) is 0 Å². The van der Waals surface area contributed by atoms with E-state index < -0.39 is 12.2 Å². The summed E-state index contributed by atoms with van der Waals surface area (Å²) in [6.45, 7) is 5.60. The van der Waals surface area contributed by atoms with E-state index in [2.05, 4.69) is 17.0 Å². The number of benzene rings is 2. The number of halogens is 1. The van der Waals surface area contributed by atoms with Crippen molar-refractivity contribution in [3.05, 3.63) is 82.5 Å². The zero-order chi connectivity index (χ0) is 21.1. The second-order valence-electron chi connectivity index (χ2n) is 6.37. The Kier molecular flexibility index (Phi) is 6.03. The molecular formula is C21H20ClN3O4. The zero-order valence-electron chi connectivity index (χ0n) is 15.9. The number of carbonyl (C=O) groups excluding carboxylic acids is 1. The van der Waals surface area contributed by atoms with Crippen LogP contribution in [0.15, 0.2) is 55.1 Å². The lowest BCUT2D eigenvalue weighted by Gasteiger charge is -2.12. The highest BCUT2D eigenvalue weighted by Crippen LogP contribution is 2.28. The predicted octanol–water partition coefficient (Wildman–Crippen LogP) is 3.56. The lowest BCUT2D eigenvalue weighted by atomic mass is 10.1. The number of hydrogen-bond donors (Lipinski definition) is 3. The molecule has 0 bridgehead atoms. The SMILES string of the molecule is C=C(NC(=O)c1c(C)nn(C)c1Oc1ccc(Cl)cc1)c1ccc(C(O)O)cc1. The smallest absolute Gasteiger partial charge is 0.263 e. The van der Waals surface area contributed by atoms with E-state index in [4.69, 9.17) is 16.3 Å². The van der Waals surface area contributed by atoms with Crippen molar-refractivity contribution in [2.45, 2.75) is 13.2 Å². The van der Waals surface area contributed by atoms with Gasteiger partial charge in [0.25, 0.3) is 5.91 Å². The van der Waals surface area contributed by atoms with Crippen LogP contribution in [-0.2, 0) is 7.05 Å². The number of carbonyl (C=O) groups is 1. The molecule has 0 saturated heterocycles. The Balaban J connectivity index is 1.81. The third-order valence-corrected chi connectivity index (χ3v) is 4.50. The molecule has 29 heavy (non-hydrogen) atoms. The maximum Gasteiger partial charge on any atom is 0.263 e. The van der Waals surface area contributed by atoms with Gasteiger partial charge in [0.05, 0.1) is 5.69 Å². The molecule has 7 nitrogen and oxygen atoms in total. The monoisotopic (exact) mass is 413 g/mol. The second kappa shape index (κ2) is 8.48. The first kappa shape index (κ1) is 20.6. The van der Waals surface area contributed by atoms with Crippen LogP contribution < -0.4 is 10.1 Å². The summed E-state index contributed by atoms with van der Waals surface area (Å²) in [7, 11) is 1.68. The van der Waals surface area contributed by atoms with E-state index in [-0.39, 0.29) is 11.4 Å². The average molecular weight is 414 g/mol. The molecule has 0 fully saturated rings. The first-order valence-electron chi connectivity index (χ1n) is 8.70. The number of aliphatic hydroxyl groups is 2. The summed E-state index contributed by atoms with van der Waals surface area (Å²) in [6.07, 6.45) is -1.56. The number of aromatic nitrogens is 2. The number of aliphatic hydroxyl groups excluding tert-OH is 1. The molecule has 0 aliphatic rings. The molecule has 0 unspecified atom stereocenters. The predicted molar refractivity (Wildman–Crippen MR) is 110 cm³/mol. The summed E-state index contributed by atoms with van der Waals surface area (Å²) < 4.78 is 7.35. The van der Waals surface area contributed by atoms with Crippen LogP contribution in [0, 0.1) is 6.92 Å². The van der Waals surface area contributed by atoms with Gasteiger partial charge < -0.3 is 20.3 Å². The van der Waals surface area contributed by atoms with Crippen LogP contribution in [0.5, 0.6) is 11.6 Å². The summed E-state index contributed by atoms with van der Waals surface area (Å²) in [5, 5.41) is 26.0. The molecule has 2 aromatic carbocycles. The van der Waals surface area contributed by atoms with Gasteiger partial charge in [-0.25, -0.2) is 4.68 Å². The Morgan fingerprint density at radius 3 is 2.38 bits per heavy atom. The molecule has 1 aromatic heterocycles. The molecule has 0 spiro atoms. The molecule has 3 rings (SSSR count). The summed E-state index contributed by atoms with van der Waals surface area (Å²) in [5.74, 6) is 0.383. The van der Waals surface area contributed by atoms with E-state index >= 15 is 0 Å². The fourth-order valence-electron chi connectivity index (χ4n) is 2.76. The van der Waals surface area contributed by atoms with E-state index in [9.17, 15) is 15.0 Å². The Bertz CT molecular complexity index is 1040. The fraction of sp³-hybridized carbons (Fsp3) is 0.143. The van der Waals surface area contributed by atoms with Gasteiger partial charge in [-0.05, 0) is 36.8 Å². The lowest BCUT2D eigenvalue weighted by Crippen LogP contribution is -2.22. The highest BCUT2D eigenvalue weighted by molar-refractivity contribution is 6.30. The van der Waals surface area contributed by atoms with E-state index in [0.29, 0.717) is 33.3 Å². The largest absolute Gasteiger partial charge is 0.438 e. The molecule has 3 aromatic rings. The standard InChI is InChI=1S/C21H20ClN3O4/c1-12(14-4-6-15(7-5-14)21(27)28)23-19(26)18-13(2)24-25(3)20(18)29-17-10-8-16(22)9-11-17/h4-11,21,27-28H,1H2,2-3H3,(H,23,26). The van der Waals surface area contributed by atoms with Crippen LogP contribution in [0.25, 0.3) is 5.70 Å². The van der Waals surface area contributed by atoms with Gasteiger partial charge in [-0.3, -0.25) is 4.79 Å². The van der Waals surface area contributed by atoms with Crippen LogP contribution in [0.2, 0.25) is 5.02 Å². The maximum absolute atomic E-state index is 12.9. The lowest BCUT2D eigenvalue weighted by molar-refractivity contribution is -0.0424. The highest BCUT2D eigenvalue weighted by atomic mass is 35.5. The van der Waals surface area contributed by atoms with Gasteiger partial charge in [0.15, 0.2) is 6.29 Å². The van der Waals surface area contributed by atoms with Gasteiger partial charge in [-0.15, -0.1) is 0 Å². The maximum atomic E-state index is 12.9. The molecule has 8 heteroatoms. The van der Waals surface area contributed by atoms with E-state index in [1.54, 1.807) is 62.5 Å². The molecule has 0 atom stereocenters. The van der Waals surface area contributed by atoms with Gasteiger partial charge >= 0.3 is 0 Å². The Morgan fingerprint density at radius 1 is 1.17 bits per heavy atom. The number of ether oxygens (including phenoxy) is 1. The number of hydrogen-bond acceptors (Lipinski definition) is 5. The topological polar surface area (TPSA) is 96.6 Å². The van der Waals surface area contributed by atoms with Crippen LogP contribution >= 0.6 is 11.6 Å². The Morgan fingerprint density at radius 2 is 1.79 bits per heavy atom. The molecule has 0 saturated carbocycles. The van der Waals surface area contributed by atoms with Crippen molar-refractivity contribution in [3.8, 4) is 11.6 Å². The third kappa shape index (κ3) is 4.65. The van der Waals surface area contributed by atoms with Crippen LogP contribution in [0.1, 0.15) is 33.5 Å². The first-order chi connectivity index (χ1) is 13.8. The fourth-order valence-corrected chi connectivity index (χ4v) is 2.88. The number of amides is 1. The van der Waals surface area contributed by atoms with Gasteiger partial charge in [0, 0.05) is 23.3 Å². The molecule has 1 heterocycles. The molecule has 1 amide bonds. The summed E-state index contributed by atoms with van der Waals surface area (Å²) in [6, 6.07) is 13.1. The average Bonchev–Trinajstić information content (AvgIpc) is 2.96. The van der Waals surface area contributed by atoms with E-state index in [0.717, 1.165) is 0 Å². The third-order valence-electron chi connectivity index (χ3n) is 4.25. The number of aryl methyl sites for hydroxylation is 2. The quantitative estimate of drug-likeness (QED) is 0.537. The minimum absolute atomic E-state index is 0.283. The molecule has 150 valence electrons.